The van der Waals surface area contributed by atoms with Crippen molar-refractivity contribution >= 4 is 34.1 Å². The maximum atomic E-state index is 13.6. The van der Waals surface area contributed by atoms with E-state index in [0.29, 0.717) is 5.69 Å². The van der Waals surface area contributed by atoms with Gasteiger partial charge in [0.05, 0.1) is 18.1 Å². The van der Waals surface area contributed by atoms with Crippen molar-refractivity contribution in [1.29, 1.82) is 0 Å². The molecule has 1 amide bonds. The molecule has 0 fully saturated rings. The number of benzene rings is 2. The predicted octanol–water partition coefficient (Wildman–Crippen LogP) is 3.54. The van der Waals surface area contributed by atoms with E-state index in [1.54, 1.807) is 24.4 Å². The predicted molar refractivity (Wildman–Crippen MR) is 79.8 cm³/mol. The van der Waals surface area contributed by atoms with E-state index < -0.39 is 5.82 Å². The second-order valence-electron chi connectivity index (χ2n) is 4.60. The lowest BCUT2D eigenvalue weighted by Crippen LogP contribution is -2.15. The number of anilines is 1. The summed E-state index contributed by atoms with van der Waals surface area (Å²) in [6, 6.07) is 9.71. The molecule has 0 radical (unpaired) electrons. The second kappa shape index (κ2) is 5.54. The highest BCUT2D eigenvalue weighted by Crippen LogP contribution is 2.21. The van der Waals surface area contributed by atoms with Gasteiger partial charge >= 0.3 is 0 Å². The highest BCUT2D eigenvalue weighted by Gasteiger charge is 2.12. The lowest BCUT2D eigenvalue weighted by atomic mass is 10.1. The van der Waals surface area contributed by atoms with Gasteiger partial charge in [0.15, 0.2) is 0 Å². The molecule has 0 aliphatic carbocycles. The zero-order chi connectivity index (χ0) is 14.8. The van der Waals surface area contributed by atoms with E-state index in [-0.39, 0.29) is 22.9 Å². The zero-order valence-electron chi connectivity index (χ0n) is 10.9. The van der Waals surface area contributed by atoms with Crippen LogP contribution in [0.5, 0.6) is 0 Å². The summed E-state index contributed by atoms with van der Waals surface area (Å²) in [6.45, 7) is 0. The summed E-state index contributed by atoms with van der Waals surface area (Å²) < 4.78 is 13.6. The Morgan fingerprint density at radius 3 is 3.00 bits per heavy atom. The Hall–Kier alpha value is -2.40. The third-order valence-electron chi connectivity index (χ3n) is 3.12. The van der Waals surface area contributed by atoms with Crippen molar-refractivity contribution in [1.82, 2.24) is 10.2 Å². The SMILES string of the molecule is O=C(Cc1c(F)cccc1Cl)Nc1ccc2cn[nH]c2c1. The molecule has 6 heteroatoms. The van der Waals surface area contributed by atoms with Gasteiger partial charge in [0.25, 0.3) is 0 Å². The first-order valence-electron chi connectivity index (χ1n) is 6.29. The average molecular weight is 304 g/mol. The molecule has 0 saturated carbocycles. The molecule has 4 nitrogen and oxygen atoms in total. The number of hydrogen-bond donors (Lipinski definition) is 2. The minimum Gasteiger partial charge on any atom is -0.326 e. The van der Waals surface area contributed by atoms with Crippen LogP contribution in [0.15, 0.2) is 42.6 Å². The number of hydrogen-bond acceptors (Lipinski definition) is 2. The van der Waals surface area contributed by atoms with Gasteiger partial charge < -0.3 is 5.32 Å². The largest absolute Gasteiger partial charge is 0.326 e. The second-order valence-corrected chi connectivity index (χ2v) is 5.00. The van der Waals surface area contributed by atoms with Crippen LogP contribution in [0.1, 0.15) is 5.56 Å². The molecular weight excluding hydrogens is 293 g/mol. The first-order valence-corrected chi connectivity index (χ1v) is 6.67. The fourth-order valence-electron chi connectivity index (χ4n) is 2.08. The number of carbonyl (C=O) groups excluding carboxylic acids is 1. The minimum absolute atomic E-state index is 0.119. The number of rotatable bonds is 3. The Labute approximate surface area is 124 Å². The number of aromatic nitrogens is 2. The van der Waals surface area contributed by atoms with Crippen molar-refractivity contribution in [2.75, 3.05) is 5.32 Å². The fourth-order valence-corrected chi connectivity index (χ4v) is 2.31. The van der Waals surface area contributed by atoms with Crippen LogP contribution >= 0.6 is 11.6 Å². The van der Waals surface area contributed by atoms with Gasteiger partial charge in [-0.15, -0.1) is 0 Å². The van der Waals surface area contributed by atoms with Gasteiger partial charge in [0.1, 0.15) is 5.82 Å². The Bertz CT molecular complexity index is 795. The zero-order valence-corrected chi connectivity index (χ0v) is 11.6. The highest BCUT2D eigenvalue weighted by molar-refractivity contribution is 6.31. The molecule has 0 aliphatic rings. The van der Waals surface area contributed by atoms with Crippen LogP contribution in [0.25, 0.3) is 10.9 Å². The molecule has 2 aromatic carbocycles. The van der Waals surface area contributed by atoms with Crippen LogP contribution in [0, 0.1) is 5.82 Å². The highest BCUT2D eigenvalue weighted by atomic mass is 35.5. The van der Waals surface area contributed by atoms with E-state index in [4.69, 9.17) is 11.6 Å². The van der Waals surface area contributed by atoms with Gasteiger partial charge in [-0.1, -0.05) is 17.7 Å². The van der Waals surface area contributed by atoms with Crippen LogP contribution in [0.2, 0.25) is 5.02 Å². The van der Waals surface area contributed by atoms with E-state index in [2.05, 4.69) is 15.5 Å². The molecule has 3 aromatic rings. The van der Waals surface area contributed by atoms with E-state index >= 15 is 0 Å². The van der Waals surface area contributed by atoms with Gasteiger partial charge in [-0.3, -0.25) is 9.89 Å². The lowest BCUT2D eigenvalue weighted by molar-refractivity contribution is -0.115. The third kappa shape index (κ3) is 2.87. The molecule has 0 unspecified atom stereocenters. The van der Waals surface area contributed by atoms with E-state index in [9.17, 15) is 9.18 Å². The summed E-state index contributed by atoms with van der Waals surface area (Å²) in [5.74, 6) is -0.817. The molecular formula is C15H11ClFN3O. The number of nitrogens with one attached hydrogen (secondary N) is 2. The normalized spacial score (nSPS) is 10.8. The van der Waals surface area contributed by atoms with E-state index in [1.807, 2.05) is 6.07 Å². The Balaban J connectivity index is 1.77. The topological polar surface area (TPSA) is 57.8 Å². The van der Waals surface area contributed by atoms with Crippen molar-refractivity contribution in [2.24, 2.45) is 0 Å². The summed E-state index contributed by atoms with van der Waals surface area (Å²) in [4.78, 5) is 12.0. The van der Waals surface area contributed by atoms with E-state index in [0.717, 1.165) is 10.9 Å². The molecule has 2 N–H and O–H groups in total. The maximum absolute atomic E-state index is 13.6. The van der Waals surface area contributed by atoms with E-state index in [1.165, 1.54) is 12.1 Å². The summed E-state index contributed by atoms with van der Waals surface area (Å²) in [7, 11) is 0. The van der Waals surface area contributed by atoms with Gasteiger partial charge in [0, 0.05) is 21.7 Å². The lowest BCUT2D eigenvalue weighted by Gasteiger charge is -2.07. The van der Waals surface area contributed by atoms with Gasteiger partial charge in [-0.2, -0.15) is 5.10 Å². The molecule has 1 aromatic heterocycles. The number of aromatic amines is 1. The third-order valence-corrected chi connectivity index (χ3v) is 3.48. The molecule has 0 saturated heterocycles. The fraction of sp³-hybridized carbons (Fsp3) is 0.0667. The molecule has 3 rings (SSSR count). The Kier molecular flexibility index (Phi) is 3.58. The molecule has 0 atom stereocenters. The van der Waals surface area contributed by atoms with Crippen molar-refractivity contribution in [2.45, 2.75) is 6.42 Å². The number of H-pyrrole nitrogens is 1. The monoisotopic (exact) mass is 303 g/mol. The number of carbonyl (C=O) groups is 1. The van der Waals surface area contributed by atoms with Crippen LogP contribution in [0.3, 0.4) is 0 Å². The van der Waals surface area contributed by atoms with Crippen LogP contribution in [-0.2, 0) is 11.2 Å². The number of nitrogens with zero attached hydrogens (tertiary/aromatic N) is 1. The average Bonchev–Trinajstić information content (AvgIpc) is 2.90. The van der Waals surface area contributed by atoms with Gasteiger partial charge in [0.2, 0.25) is 5.91 Å². The van der Waals surface area contributed by atoms with Crippen molar-refractivity contribution < 1.29 is 9.18 Å². The first-order chi connectivity index (χ1) is 10.1. The molecule has 0 spiro atoms. The van der Waals surface area contributed by atoms with Crippen LogP contribution in [-0.4, -0.2) is 16.1 Å². The summed E-state index contributed by atoms with van der Waals surface area (Å²) in [6.07, 6.45) is 1.58. The number of amides is 1. The molecule has 21 heavy (non-hydrogen) atoms. The van der Waals surface area contributed by atoms with Gasteiger partial charge in [-0.05, 0) is 30.3 Å². The van der Waals surface area contributed by atoms with Gasteiger partial charge in [-0.25, -0.2) is 4.39 Å². The minimum atomic E-state index is -0.485. The Morgan fingerprint density at radius 2 is 2.19 bits per heavy atom. The van der Waals surface area contributed by atoms with Crippen LogP contribution in [0.4, 0.5) is 10.1 Å². The Morgan fingerprint density at radius 1 is 1.33 bits per heavy atom. The van der Waals surface area contributed by atoms with Crippen LogP contribution < -0.4 is 5.32 Å². The first kappa shape index (κ1) is 13.6. The van der Waals surface area contributed by atoms with Crippen molar-refractivity contribution in [3.63, 3.8) is 0 Å². The summed E-state index contributed by atoms with van der Waals surface area (Å²) in [5, 5.41) is 10.6. The molecule has 106 valence electrons. The molecule has 1 heterocycles. The van der Waals surface area contributed by atoms with Crippen molar-refractivity contribution in [3.8, 4) is 0 Å². The molecule has 0 bridgehead atoms. The summed E-state index contributed by atoms with van der Waals surface area (Å²) >= 11 is 5.91. The number of fused-ring (bicyclic) bond motifs is 1. The standard InChI is InChI=1S/C15H11ClFN3O/c16-12-2-1-3-13(17)11(12)7-15(21)19-10-5-4-9-8-18-20-14(9)6-10/h1-6,8H,7H2,(H,18,20)(H,19,21). The quantitative estimate of drug-likeness (QED) is 0.777. The maximum Gasteiger partial charge on any atom is 0.228 e. The smallest absolute Gasteiger partial charge is 0.228 e. The van der Waals surface area contributed by atoms with Crippen molar-refractivity contribution in [3.05, 3.63) is 59.0 Å². The summed E-state index contributed by atoms with van der Waals surface area (Å²) in [5.41, 5.74) is 1.63. The molecule has 0 aliphatic heterocycles. The number of halogens is 2.